The van der Waals surface area contributed by atoms with Crippen molar-refractivity contribution < 1.29 is 14.3 Å². The zero-order valence-electron chi connectivity index (χ0n) is 17.8. The van der Waals surface area contributed by atoms with Crippen molar-refractivity contribution in [2.75, 3.05) is 39.2 Å². The van der Waals surface area contributed by atoms with Crippen LogP contribution < -0.4 is 25.4 Å². The summed E-state index contributed by atoms with van der Waals surface area (Å²) in [6.45, 7) is 1.76. The summed E-state index contributed by atoms with van der Waals surface area (Å²) in [5, 5.41) is 14.9. The van der Waals surface area contributed by atoms with Gasteiger partial charge in [-0.3, -0.25) is 4.79 Å². The largest absolute Gasteiger partial charge is 0.497 e. The van der Waals surface area contributed by atoms with Crippen molar-refractivity contribution >= 4 is 28.4 Å². The molecule has 1 atom stereocenters. The van der Waals surface area contributed by atoms with Crippen LogP contribution in [0.4, 0.5) is 5.95 Å². The van der Waals surface area contributed by atoms with Gasteiger partial charge in [-0.15, -0.1) is 5.10 Å². The summed E-state index contributed by atoms with van der Waals surface area (Å²) >= 11 is 0. The lowest BCUT2D eigenvalue weighted by Gasteiger charge is -2.17. The van der Waals surface area contributed by atoms with E-state index in [4.69, 9.17) is 24.5 Å². The second-order valence-electron chi connectivity index (χ2n) is 7.38. The first-order valence-electron chi connectivity index (χ1n) is 10.3. The molecule has 1 fully saturated rings. The molecule has 2 aromatic carbocycles. The molecular weight excluding hydrogens is 410 g/mol. The Morgan fingerprint density at radius 3 is 2.69 bits per heavy atom. The first-order valence-corrected chi connectivity index (χ1v) is 10.3. The molecule has 3 N–H and O–H groups in total. The van der Waals surface area contributed by atoms with Gasteiger partial charge in [0.25, 0.3) is 0 Å². The van der Waals surface area contributed by atoms with Gasteiger partial charge in [0.15, 0.2) is 11.5 Å². The molecule has 3 heterocycles. The third-order valence-electron chi connectivity index (χ3n) is 5.40. The lowest BCUT2D eigenvalue weighted by atomic mass is 10.2. The summed E-state index contributed by atoms with van der Waals surface area (Å²) in [7, 11) is 3.23. The highest BCUT2D eigenvalue weighted by molar-refractivity contribution is 5.96. The Kier molecular flexibility index (Phi) is 5.20. The molecule has 4 aromatic rings. The first kappa shape index (κ1) is 20.0. The molecule has 0 spiro atoms. The molecule has 5 rings (SSSR count). The number of methoxy groups -OCH3 is 2. The highest BCUT2D eigenvalue weighted by Gasteiger charge is 2.24. The maximum absolute atomic E-state index is 12.5. The smallest absolute Gasteiger partial charge is 0.243 e. The Bertz CT molecular complexity index is 1290. The molecule has 0 unspecified atom stereocenters. The lowest BCUT2D eigenvalue weighted by Crippen LogP contribution is -2.42. The predicted octanol–water partition coefficient (Wildman–Crippen LogP) is 1.46. The molecule has 1 saturated heterocycles. The monoisotopic (exact) mass is 433 g/mol. The number of amides is 1. The second-order valence-corrected chi connectivity index (χ2v) is 7.38. The van der Waals surface area contributed by atoms with Gasteiger partial charge in [-0.05, 0) is 36.4 Å². The van der Waals surface area contributed by atoms with Crippen LogP contribution in [0.15, 0.2) is 42.5 Å². The third-order valence-corrected chi connectivity index (χ3v) is 5.40. The molecule has 164 valence electrons. The van der Waals surface area contributed by atoms with Gasteiger partial charge in [0.2, 0.25) is 11.9 Å². The van der Waals surface area contributed by atoms with E-state index in [1.807, 2.05) is 42.5 Å². The normalized spacial score (nSPS) is 16.6. The summed E-state index contributed by atoms with van der Waals surface area (Å²) in [6.07, 6.45) is 0. The van der Waals surface area contributed by atoms with E-state index in [1.165, 1.54) is 0 Å². The molecule has 1 amide bonds. The molecule has 2 aromatic heterocycles. The fraction of sp³-hybridized carbons (Fsp3) is 0.273. The average Bonchev–Trinajstić information content (AvgIpc) is 3.19. The number of nitrogens with one attached hydrogen (secondary N) is 3. The number of para-hydroxylation sites is 1. The molecule has 0 bridgehead atoms. The average molecular weight is 433 g/mol. The van der Waals surface area contributed by atoms with Gasteiger partial charge in [-0.1, -0.05) is 6.07 Å². The Balaban J connectivity index is 1.67. The molecule has 0 radical (unpaired) electrons. The molecule has 1 aliphatic rings. The van der Waals surface area contributed by atoms with Gasteiger partial charge < -0.3 is 25.4 Å². The van der Waals surface area contributed by atoms with E-state index in [2.05, 4.69) is 16.0 Å². The van der Waals surface area contributed by atoms with Crippen LogP contribution in [0.2, 0.25) is 0 Å². The molecule has 32 heavy (non-hydrogen) atoms. The number of ether oxygens (including phenoxy) is 2. The minimum absolute atomic E-state index is 0.0967. The van der Waals surface area contributed by atoms with Crippen LogP contribution >= 0.6 is 0 Å². The molecule has 1 aliphatic heterocycles. The van der Waals surface area contributed by atoms with Crippen LogP contribution in [0.25, 0.3) is 27.9 Å². The van der Waals surface area contributed by atoms with E-state index in [1.54, 1.807) is 18.7 Å². The van der Waals surface area contributed by atoms with Crippen LogP contribution in [-0.4, -0.2) is 65.4 Å². The highest BCUT2D eigenvalue weighted by Crippen LogP contribution is 2.30. The number of hydrogen-bond acceptors (Lipinski definition) is 8. The van der Waals surface area contributed by atoms with Crippen molar-refractivity contribution in [1.82, 2.24) is 30.2 Å². The molecule has 10 nitrogen and oxygen atoms in total. The van der Waals surface area contributed by atoms with Crippen molar-refractivity contribution in [3.63, 3.8) is 0 Å². The van der Waals surface area contributed by atoms with Crippen molar-refractivity contribution in [3.05, 3.63) is 42.5 Å². The predicted molar refractivity (Wildman–Crippen MR) is 120 cm³/mol. The second kappa shape index (κ2) is 8.31. The number of nitrogens with zero attached hydrogens (tertiary/aromatic N) is 4. The zero-order chi connectivity index (χ0) is 22.1. The van der Waals surface area contributed by atoms with Crippen LogP contribution in [-0.2, 0) is 4.79 Å². The fourth-order valence-electron chi connectivity index (χ4n) is 3.73. The number of hydrogen-bond donors (Lipinski definition) is 3. The number of carbonyl (C=O) groups excluding carboxylic acids is 1. The quantitative estimate of drug-likeness (QED) is 0.433. The van der Waals surface area contributed by atoms with Gasteiger partial charge >= 0.3 is 0 Å². The molecule has 10 heteroatoms. The van der Waals surface area contributed by atoms with Crippen molar-refractivity contribution in [2.45, 2.75) is 6.04 Å². The molecule has 0 aliphatic carbocycles. The maximum Gasteiger partial charge on any atom is 0.243 e. The molecule has 0 saturated carbocycles. The minimum atomic E-state index is -0.506. The number of carbonyl (C=O) groups is 1. The summed E-state index contributed by atoms with van der Waals surface area (Å²) in [4.78, 5) is 22.1. The van der Waals surface area contributed by atoms with Gasteiger partial charge in [0.05, 0.1) is 14.2 Å². The lowest BCUT2D eigenvalue weighted by molar-refractivity contribution is -0.121. The van der Waals surface area contributed by atoms with Crippen molar-refractivity contribution in [2.24, 2.45) is 0 Å². The minimum Gasteiger partial charge on any atom is -0.497 e. The van der Waals surface area contributed by atoms with Crippen LogP contribution in [0.1, 0.15) is 0 Å². The number of benzene rings is 2. The van der Waals surface area contributed by atoms with E-state index in [-0.39, 0.29) is 5.91 Å². The number of anilines is 1. The standard InChI is InChI=1S/C22H23N7O3/c1-31-14-8-6-13(7-9-14)19-27-20-15-4-3-5-17(32-2)18(15)26-22(29(20)28-19)25-16-12-23-10-11-24-21(16)30/h3-9,16,23H,10-12H2,1-2H3,(H,24,30)(H,25,26)/t16-/m1/s1. The van der Waals surface area contributed by atoms with Gasteiger partial charge in [0, 0.05) is 30.6 Å². The van der Waals surface area contributed by atoms with Gasteiger partial charge in [-0.2, -0.15) is 4.52 Å². The van der Waals surface area contributed by atoms with Gasteiger partial charge in [-0.25, -0.2) is 9.97 Å². The Morgan fingerprint density at radius 1 is 1.06 bits per heavy atom. The number of fused-ring (bicyclic) bond motifs is 3. The summed E-state index contributed by atoms with van der Waals surface area (Å²) < 4.78 is 12.4. The highest BCUT2D eigenvalue weighted by atomic mass is 16.5. The molecular formula is C22H23N7O3. The van der Waals surface area contributed by atoms with Gasteiger partial charge in [0.1, 0.15) is 23.1 Å². The Morgan fingerprint density at radius 2 is 1.91 bits per heavy atom. The zero-order valence-corrected chi connectivity index (χ0v) is 17.8. The first-order chi connectivity index (χ1) is 15.7. The van der Waals surface area contributed by atoms with E-state index in [0.717, 1.165) is 16.7 Å². The van der Waals surface area contributed by atoms with Crippen LogP contribution in [0.5, 0.6) is 11.5 Å². The van der Waals surface area contributed by atoms with Crippen molar-refractivity contribution in [3.8, 4) is 22.9 Å². The van der Waals surface area contributed by atoms with Crippen molar-refractivity contribution in [1.29, 1.82) is 0 Å². The van der Waals surface area contributed by atoms with Crippen LogP contribution in [0, 0.1) is 0 Å². The van der Waals surface area contributed by atoms with E-state index >= 15 is 0 Å². The summed E-state index contributed by atoms with van der Waals surface area (Å²) in [6, 6.07) is 12.7. The van der Waals surface area contributed by atoms with E-state index in [0.29, 0.717) is 48.3 Å². The fourth-order valence-corrected chi connectivity index (χ4v) is 3.73. The summed E-state index contributed by atoms with van der Waals surface area (Å²) in [5.74, 6) is 2.22. The SMILES string of the molecule is COc1ccc(-c2nc3c4cccc(OC)c4nc(N[C@@H]4CNCCNC4=O)n3n2)cc1. The van der Waals surface area contributed by atoms with Crippen LogP contribution in [0.3, 0.4) is 0 Å². The topological polar surface area (TPSA) is 115 Å². The Hall–Kier alpha value is -3.92. The maximum atomic E-state index is 12.5. The van der Waals surface area contributed by atoms with E-state index < -0.39 is 6.04 Å². The Labute approximate surface area is 184 Å². The van der Waals surface area contributed by atoms with E-state index in [9.17, 15) is 4.79 Å². The third kappa shape index (κ3) is 3.54. The number of rotatable bonds is 5. The summed E-state index contributed by atoms with van der Waals surface area (Å²) in [5.41, 5.74) is 2.09. The number of aromatic nitrogens is 4.